The van der Waals surface area contributed by atoms with Gasteiger partial charge in [0.2, 0.25) is 11.8 Å². The molecule has 0 aliphatic heterocycles. The zero-order chi connectivity index (χ0) is 15.9. The van der Waals surface area contributed by atoms with Crippen LogP contribution < -0.4 is 10.6 Å². The van der Waals surface area contributed by atoms with Crippen molar-refractivity contribution in [2.24, 2.45) is 11.8 Å². The fourth-order valence-corrected chi connectivity index (χ4v) is 1.88. The first-order valence-electron chi connectivity index (χ1n) is 6.99. The van der Waals surface area contributed by atoms with Gasteiger partial charge in [0.05, 0.1) is 0 Å². The second-order valence-electron chi connectivity index (χ2n) is 5.59. The van der Waals surface area contributed by atoms with Crippen LogP contribution >= 0.6 is 0 Å². The van der Waals surface area contributed by atoms with E-state index in [0.717, 1.165) is 0 Å². The van der Waals surface area contributed by atoms with Crippen LogP contribution in [-0.4, -0.2) is 35.0 Å². The van der Waals surface area contributed by atoms with E-state index < -0.39 is 24.0 Å². The van der Waals surface area contributed by atoms with Crippen LogP contribution in [0.25, 0.3) is 0 Å². The van der Waals surface area contributed by atoms with Crippen molar-refractivity contribution >= 4 is 17.8 Å². The predicted octanol–water partition coefficient (Wildman–Crippen LogP) is 1.15. The lowest BCUT2D eigenvalue weighted by atomic mass is 9.97. The van der Waals surface area contributed by atoms with Crippen molar-refractivity contribution < 1.29 is 19.5 Å². The molecule has 0 bridgehead atoms. The molecular weight excluding hydrogens is 260 g/mol. The molecule has 3 atom stereocenters. The van der Waals surface area contributed by atoms with E-state index in [-0.39, 0.29) is 17.7 Å². The molecule has 0 aromatic rings. The van der Waals surface area contributed by atoms with Gasteiger partial charge in [-0.25, -0.2) is 4.79 Å². The van der Waals surface area contributed by atoms with Gasteiger partial charge in [0, 0.05) is 6.92 Å². The van der Waals surface area contributed by atoms with Crippen LogP contribution in [0.3, 0.4) is 0 Å². The third-order valence-electron chi connectivity index (χ3n) is 3.18. The fraction of sp³-hybridized carbons (Fsp3) is 0.786. The number of nitrogens with one attached hydrogen (secondary N) is 2. The number of rotatable bonds is 8. The Morgan fingerprint density at radius 2 is 1.65 bits per heavy atom. The number of hydrogen-bond donors (Lipinski definition) is 3. The summed E-state index contributed by atoms with van der Waals surface area (Å²) in [6.07, 6.45) is 1.06. The number of carbonyl (C=O) groups is 3. The fourth-order valence-electron chi connectivity index (χ4n) is 1.88. The first kappa shape index (κ1) is 18.4. The number of carboxylic acids is 1. The van der Waals surface area contributed by atoms with Crippen molar-refractivity contribution in [2.45, 2.75) is 59.5 Å². The van der Waals surface area contributed by atoms with Gasteiger partial charge in [0.25, 0.3) is 0 Å². The zero-order valence-corrected chi connectivity index (χ0v) is 12.9. The van der Waals surface area contributed by atoms with Gasteiger partial charge in [-0.1, -0.05) is 34.1 Å². The van der Waals surface area contributed by atoms with Gasteiger partial charge in [0.1, 0.15) is 12.1 Å². The maximum atomic E-state index is 12.2. The van der Waals surface area contributed by atoms with Crippen LogP contribution in [0.5, 0.6) is 0 Å². The van der Waals surface area contributed by atoms with E-state index in [1.165, 1.54) is 6.92 Å². The van der Waals surface area contributed by atoms with E-state index in [0.29, 0.717) is 12.8 Å². The van der Waals surface area contributed by atoms with Crippen molar-refractivity contribution in [3.63, 3.8) is 0 Å². The molecule has 0 aliphatic carbocycles. The molecule has 116 valence electrons. The highest BCUT2D eigenvalue weighted by Crippen LogP contribution is 2.10. The van der Waals surface area contributed by atoms with Crippen LogP contribution in [0.2, 0.25) is 0 Å². The van der Waals surface area contributed by atoms with Gasteiger partial charge in [-0.05, 0) is 18.3 Å². The van der Waals surface area contributed by atoms with Gasteiger partial charge in [-0.15, -0.1) is 0 Å². The molecule has 0 aliphatic rings. The summed E-state index contributed by atoms with van der Waals surface area (Å²) in [5.41, 5.74) is 0. The molecule has 0 spiro atoms. The van der Waals surface area contributed by atoms with E-state index in [4.69, 9.17) is 5.11 Å². The van der Waals surface area contributed by atoms with Gasteiger partial charge in [0.15, 0.2) is 0 Å². The lowest BCUT2D eigenvalue weighted by molar-refractivity contribution is -0.143. The summed E-state index contributed by atoms with van der Waals surface area (Å²) in [6.45, 7) is 8.88. The molecule has 6 nitrogen and oxygen atoms in total. The molecule has 0 rings (SSSR count). The Hall–Kier alpha value is -1.59. The average Bonchev–Trinajstić information content (AvgIpc) is 2.33. The Balaban J connectivity index is 4.86. The average molecular weight is 286 g/mol. The van der Waals surface area contributed by atoms with Crippen molar-refractivity contribution in [1.29, 1.82) is 0 Å². The Kier molecular flexibility index (Phi) is 7.87. The minimum absolute atomic E-state index is 0.0626. The molecule has 6 heteroatoms. The Labute approximate surface area is 120 Å². The van der Waals surface area contributed by atoms with E-state index in [1.54, 1.807) is 0 Å². The van der Waals surface area contributed by atoms with Crippen LogP contribution in [-0.2, 0) is 14.4 Å². The monoisotopic (exact) mass is 286 g/mol. The van der Waals surface area contributed by atoms with Crippen molar-refractivity contribution in [1.82, 2.24) is 10.6 Å². The van der Waals surface area contributed by atoms with Crippen molar-refractivity contribution in [3.8, 4) is 0 Å². The molecule has 20 heavy (non-hydrogen) atoms. The molecule has 0 saturated carbocycles. The molecular formula is C14H26N2O4. The number of aliphatic carboxylic acids is 1. The van der Waals surface area contributed by atoms with Gasteiger partial charge < -0.3 is 15.7 Å². The van der Waals surface area contributed by atoms with Crippen LogP contribution in [0, 0.1) is 11.8 Å². The summed E-state index contributed by atoms with van der Waals surface area (Å²) < 4.78 is 0. The highest BCUT2D eigenvalue weighted by atomic mass is 16.4. The molecule has 0 radical (unpaired) electrons. The van der Waals surface area contributed by atoms with Gasteiger partial charge in [-0.3, -0.25) is 9.59 Å². The summed E-state index contributed by atoms with van der Waals surface area (Å²) >= 11 is 0. The van der Waals surface area contributed by atoms with Crippen LogP contribution in [0.15, 0.2) is 0 Å². The van der Waals surface area contributed by atoms with Crippen LogP contribution in [0.4, 0.5) is 0 Å². The number of hydrogen-bond acceptors (Lipinski definition) is 3. The lowest BCUT2D eigenvalue weighted by Gasteiger charge is -2.25. The lowest BCUT2D eigenvalue weighted by Crippen LogP contribution is -2.53. The Bertz CT molecular complexity index is 355. The molecule has 0 heterocycles. The second-order valence-corrected chi connectivity index (χ2v) is 5.59. The Morgan fingerprint density at radius 3 is 2.00 bits per heavy atom. The highest BCUT2D eigenvalue weighted by Gasteiger charge is 2.29. The third kappa shape index (κ3) is 6.54. The van der Waals surface area contributed by atoms with Crippen molar-refractivity contribution in [3.05, 3.63) is 0 Å². The molecule has 0 aromatic heterocycles. The molecule has 3 N–H and O–H groups in total. The largest absolute Gasteiger partial charge is 0.480 e. The zero-order valence-electron chi connectivity index (χ0n) is 12.9. The minimum Gasteiger partial charge on any atom is -0.480 e. The van der Waals surface area contributed by atoms with E-state index in [1.807, 2.05) is 27.7 Å². The summed E-state index contributed by atoms with van der Waals surface area (Å²) in [5, 5.41) is 14.2. The molecule has 3 unspecified atom stereocenters. The first-order chi connectivity index (χ1) is 9.18. The summed E-state index contributed by atoms with van der Waals surface area (Å²) in [7, 11) is 0. The molecule has 0 aromatic carbocycles. The topological polar surface area (TPSA) is 95.5 Å². The van der Waals surface area contributed by atoms with Crippen LogP contribution in [0.1, 0.15) is 47.5 Å². The minimum atomic E-state index is -1.06. The Morgan fingerprint density at radius 1 is 1.10 bits per heavy atom. The van der Waals surface area contributed by atoms with E-state index >= 15 is 0 Å². The summed E-state index contributed by atoms with van der Waals surface area (Å²) in [4.78, 5) is 34.5. The maximum Gasteiger partial charge on any atom is 0.326 e. The summed E-state index contributed by atoms with van der Waals surface area (Å²) in [6, 6.07) is -1.63. The standard InChI is InChI=1S/C14H26N2O4/c1-6-9(4)12(15-10(5)17)13(18)16-11(14(19)20)7-8(2)3/h8-9,11-12H,6-7H2,1-5H3,(H,15,17)(H,16,18)(H,19,20). The first-order valence-corrected chi connectivity index (χ1v) is 6.99. The molecule has 2 amide bonds. The van der Waals surface area contributed by atoms with Gasteiger partial charge >= 0.3 is 5.97 Å². The number of carbonyl (C=O) groups excluding carboxylic acids is 2. The number of carboxylic acid groups (broad SMARTS) is 1. The quantitative estimate of drug-likeness (QED) is 0.624. The highest BCUT2D eigenvalue weighted by molar-refractivity contribution is 5.90. The molecule has 0 fully saturated rings. The smallest absolute Gasteiger partial charge is 0.326 e. The summed E-state index contributed by atoms with van der Waals surface area (Å²) in [5.74, 6) is -1.71. The normalized spacial score (nSPS) is 15.3. The second kappa shape index (κ2) is 8.55. The molecule has 0 saturated heterocycles. The predicted molar refractivity (Wildman–Crippen MR) is 76.1 cm³/mol. The maximum absolute atomic E-state index is 12.2. The SMILES string of the molecule is CCC(C)C(NC(C)=O)C(=O)NC(CC(C)C)C(=O)O. The van der Waals surface area contributed by atoms with E-state index in [9.17, 15) is 14.4 Å². The van der Waals surface area contributed by atoms with Crippen molar-refractivity contribution in [2.75, 3.05) is 0 Å². The van der Waals surface area contributed by atoms with E-state index in [2.05, 4.69) is 10.6 Å². The third-order valence-corrected chi connectivity index (χ3v) is 3.18. The number of amides is 2. The van der Waals surface area contributed by atoms with Gasteiger partial charge in [-0.2, -0.15) is 0 Å².